The highest BCUT2D eigenvalue weighted by molar-refractivity contribution is 6.30. The number of carbonyl (C=O) groups is 1. The van der Waals surface area contributed by atoms with Crippen LogP contribution in [0, 0.1) is 11.6 Å². The van der Waals surface area contributed by atoms with Gasteiger partial charge in [-0.25, -0.2) is 8.78 Å². The minimum absolute atomic E-state index is 0.107. The Labute approximate surface area is 243 Å². The number of aromatic nitrogens is 1. The monoisotopic (exact) mass is 632 g/mol. The van der Waals surface area contributed by atoms with Crippen LogP contribution >= 0.6 is 11.6 Å². The molecule has 1 atom stereocenters. The molecule has 1 aromatic heterocycles. The largest absolute Gasteiger partial charge is 0.461 e. The molecule has 1 N–H and O–H groups in total. The molecule has 0 aliphatic rings. The highest BCUT2D eigenvalue weighted by atomic mass is 35.5. The molecular weight excluding hydrogens is 615 g/mol. The minimum atomic E-state index is -5.16. The summed E-state index contributed by atoms with van der Waals surface area (Å²) >= 11 is 5.97. The lowest BCUT2D eigenvalue weighted by Gasteiger charge is -2.36. The van der Waals surface area contributed by atoms with Gasteiger partial charge in [0.15, 0.2) is 0 Å². The Hall–Kier alpha value is -4.26. The Morgan fingerprint density at radius 3 is 2.21 bits per heavy atom. The number of pyridine rings is 1. The summed E-state index contributed by atoms with van der Waals surface area (Å²) in [7, 11) is 0. The number of hydrogen-bond donors (Lipinski definition) is 1. The molecule has 43 heavy (non-hydrogen) atoms. The predicted octanol–water partition coefficient (Wildman–Crippen LogP) is 8.19. The van der Waals surface area contributed by atoms with Gasteiger partial charge in [0.2, 0.25) is 0 Å². The maximum atomic E-state index is 14.9. The van der Waals surface area contributed by atoms with Crippen LogP contribution in [0.15, 0.2) is 85.1 Å². The topological polar surface area (TPSA) is 51.2 Å². The van der Waals surface area contributed by atoms with Gasteiger partial charge in [-0.15, -0.1) is 0 Å². The zero-order valence-corrected chi connectivity index (χ0v) is 22.2. The Morgan fingerprint density at radius 2 is 1.60 bits per heavy atom. The summed E-state index contributed by atoms with van der Waals surface area (Å²) in [5.41, 5.74) is -4.52. The van der Waals surface area contributed by atoms with Gasteiger partial charge in [-0.2, -0.15) is 30.7 Å². The third-order valence-corrected chi connectivity index (χ3v) is 6.43. The molecule has 14 heteroatoms. The second kappa shape index (κ2) is 12.2. The first-order valence-electron chi connectivity index (χ1n) is 12.1. The molecule has 4 nitrogen and oxygen atoms in total. The molecule has 0 spiro atoms. The molecule has 4 rings (SSSR count). The molecule has 4 aromatic rings. The van der Waals surface area contributed by atoms with Crippen LogP contribution < -0.4 is 10.1 Å². The van der Waals surface area contributed by atoms with Crippen LogP contribution in [-0.4, -0.2) is 23.4 Å². The molecular formula is C29H18ClF9N2O2. The Kier molecular flexibility index (Phi) is 8.95. The highest BCUT2D eigenvalue weighted by Crippen LogP contribution is 2.38. The summed E-state index contributed by atoms with van der Waals surface area (Å²) in [6, 6.07) is 13.9. The maximum Gasteiger partial charge on any atom is 0.461 e. The Bertz CT molecular complexity index is 1600. The van der Waals surface area contributed by atoms with Crippen molar-refractivity contribution in [3.8, 4) is 5.75 Å². The van der Waals surface area contributed by atoms with Gasteiger partial charge in [-0.3, -0.25) is 9.78 Å². The number of amides is 1. The van der Waals surface area contributed by atoms with E-state index in [9.17, 15) is 44.3 Å². The van der Waals surface area contributed by atoms with Crippen molar-refractivity contribution in [2.45, 2.75) is 30.7 Å². The zero-order valence-electron chi connectivity index (χ0n) is 21.4. The molecule has 0 unspecified atom stereocenters. The van der Waals surface area contributed by atoms with Crippen LogP contribution in [0.5, 0.6) is 5.75 Å². The summed E-state index contributed by atoms with van der Waals surface area (Å²) < 4.78 is 126. The Morgan fingerprint density at radius 1 is 0.907 bits per heavy atom. The Balaban J connectivity index is 1.95. The molecule has 1 amide bonds. The van der Waals surface area contributed by atoms with Crippen molar-refractivity contribution in [1.29, 1.82) is 0 Å². The van der Waals surface area contributed by atoms with E-state index in [-0.39, 0.29) is 28.8 Å². The van der Waals surface area contributed by atoms with Crippen LogP contribution in [0.4, 0.5) is 39.5 Å². The number of benzene rings is 3. The molecule has 0 saturated heterocycles. The van der Waals surface area contributed by atoms with Gasteiger partial charge in [0.1, 0.15) is 22.9 Å². The van der Waals surface area contributed by atoms with Crippen LogP contribution in [-0.2, 0) is 18.1 Å². The molecule has 0 fully saturated rings. The van der Waals surface area contributed by atoms with Crippen molar-refractivity contribution < 1.29 is 49.0 Å². The fourth-order valence-corrected chi connectivity index (χ4v) is 4.38. The first-order valence-corrected chi connectivity index (χ1v) is 12.5. The molecule has 3 aromatic carbocycles. The number of halogens is 10. The van der Waals surface area contributed by atoms with E-state index in [0.29, 0.717) is 17.7 Å². The third kappa shape index (κ3) is 7.22. The zero-order chi connectivity index (χ0) is 31.6. The second-order valence-corrected chi connectivity index (χ2v) is 9.65. The van der Waals surface area contributed by atoms with E-state index in [2.05, 4.69) is 15.0 Å². The van der Waals surface area contributed by atoms with Gasteiger partial charge in [-0.1, -0.05) is 41.9 Å². The van der Waals surface area contributed by atoms with E-state index in [4.69, 9.17) is 11.6 Å². The molecule has 1 heterocycles. The SMILES string of the molecule is O=C(N[C@@](Cc1ccccc1)(c1cc(F)cc(OC(F)(F)C(F)F)c1)c1ccc(Cl)cn1)c1ccc(F)c(C(F)(F)F)c1. The number of hydrogen-bond acceptors (Lipinski definition) is 3. The molecule has 0 aliphatic heterocycles. The molecule has 0 aliphatic carbocycles. The van der Waals surface area contributed by atoms with E-state index in [1.807, 2.05) is 0 Å². The van der Waals surface area contributed by atoms with Gasteiger partial charge in [-0.05, 0) is 53.6 Å². The maximum absolute atomic E-state index is 14.9. The van der Waals surface area contributed by atoms with E-state index in [0.717, 1.165) is 24.4 Å². The van der Waals surface area contributed by atoms with Crippen molar-refractivity contribution in [3.05, 3.63) is 130 Å². The average Bonchev–Trinajstić information content (AvgIpc) is 2.92. The standard InChI is InChI=1S/C29H18ClF9N2O2/c30-19-7-9-24(40-15-19)27(14-16-4-2-1-3-5-16,18-11-20(31)13-21(12-18)43-29(38,39)26(33)34)41-25(42)17-6-8-23(32)22(10-17)28(35,36)37/h1-13,15,26H,14H2,(H,41,42)/t27-/m0/s1. The second-order valence-electron chi connectivity index (χ2n) is 9.22. The normalized spacial score (nSPS) is 13.5. The summed E-state index contributed by atoms with van der Waals surface area (Å²) in [6.07, 6.45) is -13.7. The molecule has 226 valence electrons. The van der Waals surface area contributed by atoms with Crippen LogP contribution in [0.3, 0.4) is 0 Å². The summed E-state index contributed by atoms with van der Waals surface area (Å²) in [5, 5.41) is 2.60. The predicted molar refractivity (Wildman–Crippen MR) is 137 cm³/mol. The lowest BCUT2D eigenvalue weighted by Crippen LogP contribution is -2.49. The van der Waals surface area contributed by atoms with Crippen molar-refractivity contribution in [2.75, 3.05) is 0 Å². The lowest BCUT2D eigenvalue weighted by molar-refractivity contribution is -0.253. The first kappa shape index (κ1) is 31.7. The summed E-state index contributed by atoms with van der Waals surface area (Å²) in [5.74, 6) is -5.19. The van der Waals surface area contributed by atoms with Crippen LogP contribution in [0.2, 0.25) is 5.02 Å². The van der Waals surface area contributed by atoms with Crippen molar-refractivity contribution >= 4 is 17.5 Å². The quantitative estimate of drug-likeness (QED) is 0.189. The van der Waals surface area contributed by atoms with Gasteiger partial charge < -0.3 is 10.1 Å². The summed E-state index contributed by atoms with van der Waals surface area (Å²) in [6.45, 7) is 0. The van der Waals surface area contributed by atoms with Gasteiger partial charge in [0.25, 0.3) is 5.91 Å². The third-order valence-electron chi connectivity index (χ3n) is 6.21. The van der Waals surface area contributed by atoms with E-state index < -0.39 is 58.7 Å². The lowest BCUT2D eigenvalue weighted by atomic mass is 9.80. The minimum Gasteiger partial charge on any atom is -0.428 e. The average molecular weight is 633 g/mol. The number of carbonyl (C=O) groups excluding carboxylic acids is 1. The number of ether oxygens (including phenoxy) is 1. The summed E-state index contributed by atoms with van der Waals surface area (Å²) in [4.78, 5) is 17.7. The van der Waals surface area contributed by atoms with Gasteiger partial charge in [0.05, 0.1) is 16.3 Å². The van der Waals surface area contributed by atoms with Crippen LogP contribution in [0.1, 0.15) is 32.7 Å². The smallest absolute Gasteiger partial charge is 0.428 e. The van der Waals surface area contributed by atoms with Crippen molar-refractivity contribution in [3.63, 3.8) is 0 Å². The van der Waals surface area contributed by atoms with Crippen molar-refractivity contribution in [2.24, 2.45) is 0 Å². The van der Waals surface area contributed by atoms with Gasteiger partial charge in [0, 0.05) is 24.2 Å². The number of rotatable bonds is 9. The molecule has 0 radical (unpaired) electrons. The fraction of sp³-hybridized carbons (Fsp3) is 0.172. The highest BCUT2D eigenvalue weighted by Gasteiger charge is 2.45. The number of nitrogens with zero attached hydrogens (tertiary/aromatic N) is 1. The van der Waals surface area contributed by atoms with Crippen LogP contribution in [0.25, 0.3) is 0 Å². The van der Waals surface area contributed by atoms with E-state index in [1.54, 1.807) is 30.3 Å². The first-order chi connectivity index (χ1) is 20.1. The number of nitrogens with one attached hydrogen (secondary N) is 1. The van der Waals surface area contributed by atoms with E-state index in [1.165, 1.54) is 12.1 Å². The molecule has 0 saturated carbocycles. The van der Waals surface area contributed by atoms with Crippen molar-refractivity contribution in [1.82, 2.24) is 10.3 Å². The molecule has 0 bridgehead atoms. The van der Waals surface area contributed by atoms with E-state index >= 15 is 0 Å². The van der Waals surface area contributed by atoms with Gasteiger partial charge >= 0.3 is 18.7 Å². The fourth-order valence-electron chi connectivity index (χ4n) is 4.27. The number of alkyl halides is 7.